The van der Waals surface area contributed by atoms with Gasteiger partial charge in [0.25, 0.3) is 0 Å². The normalized spacial score (nSPS) is 29.0. The van der Waals surface area contributed by atoms with Crippen molar-refractivity contribution < 1.29 is 19.4 Å². The summed E-state index contributed by atoms with van der Waals surface area (Å²) in [6, 6.07) is 0.411. The summed E-state index contributed by atoms with van der Waals surface area (Å²) in [6.45, 7) is 5.85. The summed E-state index contributed by atoms with van der Waals surface area (Å²) >= 11 is 0. The van der Waals surface area contributed by atoms with Gasteiger partial charge in [-0.15, -0.1) is 0 Å². The molecule has 3 aliphatic heterocycles. The van der Waals surface area contributed by atoms with Crippen LogP contribution in [0.25, 0.3) is 0 Å². The van der Waals surface area contributed by atoms with Crippen LogP contribution in [0, 0.1) is 0 Å². The Kier molecular flexibility index (Phi) is 3.90. The van der Waals surface area contributed by atoms with Gasteiger partial charge in [-0.05, 0) is 7.05 Å². The minimum Gasteiger partial charge on any atom is -0.481 e. The fraction of sp³-hybridized carbons (Fsp3) is 0.857. The van der Waals surface area contributed by atoms with Crippen LogP contribution in [-0.4, -0.2) is 96.2 Å². The van der Waals surface area contributed by atoms with Crippen LogP contribution < -0.4 is 0 Å². The Hall–Kier alpha value is -1.18. The average molecular weight is 297 g/mol. The molecule has 21 heavy (non-hydrogen) atoms. The van der Waals surface area contributed by atoms with E-state index in [0.717, 1.165) is 32.8 Å². The summed E-state index contributed by atoms with van der Waals surface area (Å²) in [7, 11) is 2.11. The molecule has 3 saturated heterocycles. The Bertz CT molecular complexity index is 436. The molecule has 3 rings (SSSR count). The van der Waals surface area contributed by atoms with Crippen molar-refractivity contribution in [1.29, 1.82) is 0 Å². The highest BCUT2D eigenvalue weighted by Gasteiger charge is 2.54. The van der Waals surface area contributed by atoms with E-state index >= 15 is 0 Å². The van der Waals surface area contributed by atoms with Crippen LogP contribution in [0.1, 0.15) is 12.8 Å². The van der Waals surface area contributed by atoms with Crippen molar-refractivity contribution in [1.82, 2.24) is 14.7 Å². The predicted molar refractivity (Wildman–Crippen MR) is 75.0 cm³/mol. The summed E-state index contributed by atoms with van der Waals surface area (Å²) in [5, 5.41) is 8.67. The first kappa shape index (κ1) is 14.7. The summed E-state index contributed by atoms with van der Waals surface area (Å²) in [5.41, 5.74) is 0.0420. The van der Waals surface area contributed by atoms with Crippen molar-refractivity contribution in [3.8, 4) is 0 Å². The second-order valence-corrected chi connectivity index (χ2v) is 6.49. The van der Waals surface area contributed by atoms with Crippen LogP contribution in [-0.2, 0) is 14.3 Å². The predicted octanol–water partition coefficient (Wildman–Crippen LogP) is -0.922. The van der Waals surface area contributed by atoms with Crippen molar-refractivity contribution in [2.75, 3.05) is 53.0 Å². The molecule has 1 unspecified atom stereocenters. The lowest BCUT2D eigenvalue weighted by Crippen LogP contribution is -2.80. The number of likely N-dealkylation sites (N-methyl/N-ethyl adjacent to an activating group) is 1. The van der Waals surface area contributed by atoms with Gasteiger partial charge in [0.2, 0.25) is 5.91 Å². The van der Waals surface area contributed by atoms with Crippen LogP contribution >= 0.6 is 0 Å². The number of carboxylic acids is 1. The zero-order chi connectivity index (χ0) is 15.0. The fourth-order valence-corrected chi connectivity index (χ4v) is 3.94. The molecule has 0 aliphatic carbocycles. The maximum atomic E-state index is 12.0. The molecule has 1 amide bonds. The number of likely N-dealkylation sites (tertiary alicyclic amines) is 1. The second-order valence-electron chi connectivity index (χ2n) is 6.49. The lowest BCUT2D eigenvalue weighted by atomic mass is 9.82. The quantitative estimate of drug-likeness (QED) is 0.726. The number of piperazine rings is 1. The van der Waals surface area contributed by atoms with E-state index in [4.69, 9.17) is 9.84 Å². The minimum absolute atomic E-state index is 0.0407. The van der Waals surface area contributed by atoms with Crippen LogP contribution in [0.5, 0.6) is 0 Å². The largest absolute Gasteiger partial charge is 0.481 e. The number of aliphatic carboxylic acids is 1. The number of hydrogen-bond acceptors (Lipinski definition) is 5. The first-order chi connectivity index (χ1) is 10.00. The van der Waals surface area contributed by atoms with Gasteiger partial charge in [0.05, 0.1) is 25.2 Å². The van der Waals surface area contributed by atoms with Gasteiger partial charge in [0, 0.05) is 45.2 Å². The zero-order valence-electron chi connectivity index (χ0n) is 12.5. The Morgan fingerprint density at radius 3 is 2.76 bits per heavy atom. The lowest BCUT2D eigenvalue weighted by molar-refractivity contribution is -0.175. The van der Waals surface area contributed by atoms with Crippen molar-refractivity contribution in [2.24, 2.45) is 0 Å². The molecule has 0 bridgehead atoms. The van der Waals surface area contributed by atoms with E-state index in [1.807, 2.05) is 0 Å². The first-order valence-electron chi connectivity index (χ1n) is 7.53. The monoisotopic (exact) mass is 297 g/mol. The SMILES string of the molecule is CN1CC2COCCN2C2(C1)CN(C(=O)CCC(=O)O)C2. The third kappa shape index (κ3) is 2.77. The summed E-state index contributed by atoms with van der Waals surface area (Å²) < 4.78 is 5.57. The van der Waals surface area contributed by atoms with Gasteiger partial charge < -0.3 is 19.6 Å². The Labute approximate surface area is 124 Å². The Morgan fingerprint density at radius 1 is 1.29 bits per heavy atom. The van der Waals surface area contributed by atoms with E-state index in [2.05, 4.69) is 16.8 Å². The van der Waals surface area contributed by atoms with Crippen LogP contribution in [0.2, 0.25) is 0 Å². The molecule has 3 heterocycles. The van der Waals surface area contributed by atoms with Crippen molar-refractivity contribution in [3.05, 3.63) is 0 Å². The van der Waals surface area contributed by atoms with Gasteiger partial charge in [-0.3, -0.25) is 14.5 Å². The van der Waals surface area contributed by atoms with E-state index in [1.54, 1.807) is 4.90 Å². The van der Waals surface area contributed by atoms with Gasteiger partial charge in [0.1, 0.15) is 0 Å². The van der Waals surface area contributed by atoms with E-state index in [0.29, 0.717) is 19.1 Å². The zero-order valence-corrected chi connectivity index (χ0v) is 12.5. The second kappa shape index (κ2) is 5.55. The number of nitrogens with zero attached hydrogens (tertiary/aromatic N) is 3. The van der Waals surface area contributed by atoms with Gasteiger partial charge in [-0.2, -0.15) is 0 Å². The number of hydrogen-bond donors (Lipinski definition) is 1. The van der Waals surface area contributed by atoms with Gasteiger partial charge >= 0.3 is 5.97 Å². The summed E-state index contributed by atoms with van der Waals surface area (Å²) in [6.07, 6.45) is 0.0240. The smallest absolute Gasteiger partial charge is 0.303 e. The average Bonchev–Trinajstić information content (AvgIpc) is 2.41. The van der Waals surface area contributed by atoms with Gasteiger partial charge in [0.15, 0.2) is 0 Å². The van der Waals surface area contributed by atoms with E-state index in [1.165, 1.54) is 0 Å². The lowest BCUT2D eigenvalue weighted by Gasteiger charge is -2.63. The topological polar surface area (TPSA) is 73.3 Å². The number of carboxylic acid groups (broad SMARTS) is 1. The molecule has 0 aromatic rings. The van der Waals surface area contributed by atoms with E-state index in [-0.39, 0.29) is 24.3 Å². The number of morpholine rings is 1. The standard InChI is InChI=1S/C14H23N3O4/c1-15-6-11-7-21-5-4-17(11)14(8-15)9-16(10-14)12(18)2-3-13(19)20/h11H,2-10H2,1H3,(H,19,20). The van der Waals surface area contributed by atoms with Crippen LogP contribution in [0.3, 0.4) is 0 Å². The van der Waals surface area contributed by atoms with E-state index in [9.17, 15) is 9.59 Å². The first-order valence-corrected chi connectivity index (χ1v) is 7.53. The Morgan fingerprint density at radius 2 is 2.05 bits per heavy atom. The summed E-state index contributed by atoms with van der Waals surface area (Å²) in [5.74, 6) is -0.953. The molecule has 1 atom stereocenters. The van der Waals surface area contributed by atoms with Crippen molar-refractivity contribution in [2.45, 2.75) is 24.4 Å². The maximum absolute atomic E-state index is 12.0. The van der Waals surface area contributed by atoms with Crippen LogP contribution in [0.15, 0.2) is 0 Å². The molecule has 118 valence electrons. The third-order valence-electron chi connectivity index (χ3n) is 4.80. The number of fused-ring (bicyclic) bond motifs is 2. The van der Waals surface area contributed by atoms with Crippen molar-refractivity contribution in [3.63, 3.8) is 0 Å². The highest BCUT2D eigenvalue weighted by molar-refractivity contribution is 5.81. The number of rotatable bonds is 3. The molecule has 7 nitrogen and oxygen atoms in total. The molecule has 1 N–H and O–H groups in total. The molecule has 0 aromatic heterocycles. The van der Waals surface area contributed by atoms with Gasteiger partial charge in [-0.1, -0.05) is 0 Å². The summed E-state index contributed by atoms with van der Waals surface area (Å²) in [4.78, 5) is 29.2. The molecule has 0 radical (unpaired) electrons. The minimum atomic E-state index is -0.913. The number of carbonyl (C=O) groups excluding carboxylic acids is 1. The molecule has 7 heteroatoms. The van der Waals surface area contributed by atoms with Crippen molar-refractivity contribution >= 4 is 11.9 Å². The molecular formula is C14H23N3O4. The number of amides is 1. The van der Waals surface area contributed by atoms with Gasteiger partial charge in [-0.25, -0.2) is 0 Å². The molecule has 0 aromatic carbocycles. The maximum Gasteiger partial charge on any atom is 0.303 e. The molecule has 0 saturated carbocycles. The molecule has 1 spiro atoms. The molecule has 3 fully saturated rings. The van der Waals surface area contributed by atoms with E-state index < -0.39 is 5.97 Å². The number of ether oxygens (including phenoxy) is 1. The van der Waals surface area contributed by atoms with Crippen LogP contribution in [0.4, 0.5) is 0 Å². The highest BCUT2D eigenvalue weighted by Crippen LogP contribution is 2.35. The molecular weight excluding hydrogens is 274 g/mol. The highest BCUT2D eigenvalue weighted by atomic mass is 16.5. The molecule has 3 aliphatic rings. The third-order valence-corrected chi connectivity index (χ3v) is 4.80. The Balaban J connectivity index is 1.61. The fourth-order valence-electron chi connectivity index (χ4n) is 3.94. The number of carbonyl (C=O) groups is 2.